The van der Waals surface area contributed by atoms with Gasteiger partial charge in [-0.05, 0) is 56.3 Å². The second-order valence-electron chi connectivity index (χ2n) is 5.99. The van der Waals surface area contributed by atoms with Gasteiger partial charge in [-0.25, -0.2) is 0 Å². The number of rotatable bonds is 3. The Bertz CT molecular complexity index is 460. The molecule has 1 aromatic carbocycles. The Hall–Kier alpha value is -1.30. The van der Waals surface area contributed by atoms with Crippen LogP contribution in [0, 0.1) is 17.8 Å². The largest absolute Gasteiger partial charge is 0.384 e. The average Bonchev–Trinajstić information content (AvgIpc) is 2.47. The molecule has 0 aliphatic heterocycles. The summed E-state index contributed by atoms with van der Waals surface area (Å²) in [6.45, 7) is 3.29. The predicted octanol–water partition coefficient (Wildman–Crippen LogP) is 3.04. The Balaban J connectivity index is 1.89. The lowest BCUT2D eigenvalue weighted by molar-refractivity contribution is 0.164. The molecular formula is C18H25NO. The van der Waals surface area contributed by atoms with Gasteiger partial charge in [-0.15, -0.1) is 0 Å². The van der Waals surface area contributed by atoms with E-state index in [-0.39, 0.29) is 6.61 Å². The second-order valence-corrected chi connectivity index (χ2v) is 5.99. The van der Waals surface area contributed by atoms with Gasteiger partial charge in [-0.2, -0.15) is 0 Å². The van der Waals surface area contributed by atoms with E-state index >= 15 is 0 Å². The van der Waals surface area contributed by atoms with Gasteiger partial charge in [-0.1, -0.05) is 30.9 Å². The molecule has 0 aromatic heterocycles. The molecule has 0 unspecified atom stereocenters. The molecule has 0 saturated heterocycles. The first-order chi connectivity index (χ1) is 9.69. The van der Waals surface area contributed by atoms with Crippen LogP contribution in [-0.2, 0) is 6.54 Å². The number of hydrogen-bond acceptors (Lipinski definition) is 2. The second kappa shape index (κ2) is 7.47. The Morgan fingerprint density at radius 3 is 2.40 bits per heavy atom. The third-order valence-electron chi connectivity index (χ3n) is 4.31. The van der Waals surface area contributed by atoms with Crippen LogP contribution in [0.2, 0.25) is 0 Å². The zero-order chi connectivity index (χ0) is 14.4. The third kappa shape index (κ3) is 4.37. The SMILES string of the molecule is CC1CCC(N(C)Cc2ccc(C#CCO)cc2)CC1. The quantitative estimate of drug-likeness (QED) is 0.854. The molecule has 1 aliphatic rings. The van der Waals surface area contributed by atoms with Crippen molar-refractivity contribution in [1.29, 1.82) is 0 Å². The van der Waals surface area contributed by atoms with E-state index in [0.717, 1.165) is 24.1 Å². The topological polar surface area (TPSA) is 23.5 Å². The van der Waals surface area contributed by atoms with E-state index in [2.05, 4.69) is 42.8 Å². The molecule has 20 heavy (non-hydrogen) atoms. The summed E-state index contributed by atoms with van der Waals surface area (Å²) in [6.07, 6.45) is 5.39. The Morgan fingerprint density at radius 1 is 1.15 bits per heavy atom. The molecule has 2 nitrogen and oxygen atoms in total. The van der Waals surface area contributed by atoms with Crippen LogP contribution in [0.1, 0.15) is 43.7 Å². The van der Waals surface area contributed by atoms with Crippen LogP contribution in [0.5, 0.6) is 0 Å². The van der Waals surface area contributed by atoms with Crippen LogP contribution in [0.15, 0.2) is 24.3 Å². The van der Waals surface area contributed by atoms with E-state index < -0.39 is 0 Å². The van der Waals surface area contributed by atoms with Gasteiger partial charge >= 0.3 is 0 Å². The summed E-state index contributed by atoms with van der Waals surface area (Å²) in [5, 5.41) is 8.68. The van der Waals surface area contributed by atoms with Crippen molar-refractivity contribution in [3.05, 3.63) is 35.4 Å². The molecule has 2 rings (SSSR count). The van der Waals surface area contributed by atoms with Crippen LogP contribution < -0.4 is 0 Å². The molecule has 1 aliphatic carbocycles. The maximum atomic E-state index is 8.68. The van der Waals surface area contributed by atoms with Crippen molar-refractivity contribution >= 4 is 0 Å². The summed E-state index contributed by atoms with van der Waals surface area (Å²) < 4.78 is 0. The van der Waals surface area contributed by atoms with Crippen molar-refractivity contribution in [2.75, 3.05) is 13.7 Å². The highest BCUT2D eigenvalue weighted by atomic mass is 16.2. The highest BCUT2D eigenvalue weighted by Crippen LogP contribution is 2.27. The smallest absolute Gasteiger partial charge is 0.104 e. The van der Waals surface area contributed by atoms with Crippen molar-refractivity contribution in [2.45, 2.75) is 45.2 Å². The molecule has 1 N–H and O–H groups in total. The van der Waals surface area contributed by atoms with Crippen LogP contribution >= 0.6 is 0 Å². The third-order valence-corrected chi connectivity index (χ3v) is 4.31. The minimum Gasteiger partial charge on any atom is -0.384 e. The fourth-order valence-corrected chi connectivity index (χ4v) is 2.94. The van der Waals surface area contributed by atoms with Crippen LogP contribution in [0.25, 0.3) is 0 Å². The highest BCUT2D eigenvalue weighted by molar-refractivity contribution is 5.36. The zero-order valence-corrected chi connectivity index (χ0v) is 12.6. The Morgan fingerprint density at radius 2 is 1.80 bits per heavy atom. The number of nitrogens with zero attached hydrogens (tertiary/aromatic N) is 1. The maximum Gasteiger partial charge on any atom is 0.104 e. The monoisotopic (exact) mass is 271 g/mol. The first-order valence-electron chi connectivity index (χ1n) is 7.58. The molecule has 2 heteroatoms. The minimum atomic E-state index is -0.0788. The summed E-state index contributed by atoms with van der Waals surface area (Å²) in [5.74, 6) is 6.51. The molecule has 1 saturated carbocycles. The van der Waals surface area contributed by atoms with Crippen molar-refractivity contribution in [3.8, 4) is 11.8 Å². The van der Waals surface area contributed by atoms with Gasteiger partial charge < -0.3 is 5.11 Å². The average molecular weight is 271 g/mol. The van der Waals surface area contributed by atoms with Crippen molar-refractivity contribution in [1.82, 2.24) is 4.90 Å². The van der Waals surface area contributed by atoms with Gasteiger partial charge in [0.2, 0.25) is 0 Å². The summed E-state index contributed by atoms with van der Waals surface area (Å²) in [7, 11) is 2.24. The number of benzene rings is 1. The van der Waals surface area contributed by atoms with E-state index in [1.54, 1.807) is 0 Å². The molecular weight excluding hydrogens is 246 g/mol. The normalized spacial score (nSPS) is 22.4. The molecule has 1 aromatic rings. The predicted molar refractivity (Wildman–Crippen MR) is 83.3 cm³/mol. The van der Waals surface area contributed by atoms with Gasteiger partial charge in [0, 0.05) is 18.2 Å². The number of aliphatic hydroxyl groups excluding tert-OH is 1. The van der Waals surface area contributed by atoms with E-state index in [9.17, 15) is 0 Å². The standard InChI is InChI=1S/C18H25NO/c1-15-5-11-18(12-6-15)19(2)14-17-9-7-16(8-10-17)4-3-13-20/h7-10,15,18,20H,5-6,11-14H2,1-2H3. The van der Waals surface area contributed by atoms with Crippen LogP contribution in [0.4, 0.5) is 0 Å². The van der Waals surface area contributed by atoms with Crippen molar-refractivity contribution in [2.24, 2.45) is 5.92 Å². The van der Waals surface area contributed by atoms with Gasteiger partial charge in [0.05, 0.1) is 0 Å². The summed E-state index contributed by atoms with van der Waals surface area (Å²) in [4.78, 5) is 2.49. The van der Waals surface area contributed by atoms with Crippen molar-refractivity contribution in [3.63, 3.8) is 0 Å². The van der Waals surface area contributed by atoms with Gasteiger partial charge in [-0.3, -0.25) is 4.90 Å². The number of aliphatic hydroxyl groups is 1. The lowest BCUT2D eigenvalue weighted by atomic mass is 9.86. The fraction of sp³-hybridized carbons (Fsp3) is 0.556. The summed E-state index contributed by atoms with van der Waals surface area (Å²) in [6, 6.07) is 9.09. The number of hydrogen-bond donors (Lipinski definition) is 1. The summed E-state index contributed by atoms with van der Waals surface area (Å²) >= 11 is 0. The first kappa shape index (κ1) is 15.1. The minimum absolute atomic E-state index is 0.0788. The van der Waals surface area contributed by atoms with Gasteiger partial charge in [0.1, 0.15) is 6.61 Å². The lowest BCUT2D eigenvalue weighted by Crippen LogP contribution is -2.34. The van der Waals surface area contributed by atoms with Gasteiger partial charge in [0.25, 0.3) is 0 Å². The molecule has 0 amide bonds. The fourth-order valence-electron chi connectivity index (χ4n) is 2.94. The molecule has 1 fully saturated rings. The lowest BCUT2D eigenvalue weighted by Gasteiger charge is -2.33. The maximum absolute atomic E-state index is 8.68. The molecule has 0 heterocycles. The molecule has 0 bridgehead atoms. The molecule has 0 spiro atoms. The Kier molecular flexibility index (Phi) is 5.64. The van der Waals surface area contributed by atoms with E-state index in [1.165, 1.54) is 31.2 Å². The summed E-state index contributed by atoms with van der Waals surface area (Å²) in [5.41, 5.74) is 2.30. The molecule has 0 radical (unpaired) electrons. The highest BCUT2D eigenvalue weighted by Gasteiger charge is 2.21. The van der Waals surface area contributed by atoms with E-state index in [1.807, 2.05) is 12.1 Å². The van der Waals surface area contributed by atoms with Crippen LogP contribution in [-0.4, -0.2) is 29.7 Å². The van der Waals surface area contributed by atoms with E-state index in [0.29, 0.717) is 0 Å². The van der Waals surface area contributed by atoms with Crippen molar-refractivity contribution < 1.29 is 5.11 Å². The molecule has 108 valence electrons. The Labute approximate surface area is 122 Å². The van der Waals surface area contributed by atoms with Crippen LogP contribution in [0.3, 0.4) is 0 Å². The zero-order valence-electron chi connectivity index (χ0n) is 12.6. The van der Waals surface area contributed by atoms with Gasteiger partial charge in [0.15, 0.2) is 0 Å². The molecule has 0 atom stereocenters. The van der Waals surface area contributed by atoms with E-state index in [4.69, 9.17) is 5.11 Å². The first-order valence-corrected chi connectivity index (χ1v) is 7.58.